The molecule has 0 aliphatic rings. The summed E-state index contributed by atoms with van der Waals surface area (Å²) in [6, 6.07) is 3.41. The molecule has 1 unspecified atom stereocenters. The van der Waals surface area contributed by atoms with Gasteiger partial charge in [-0.15, -0.1) is 12.4 Å². The molecule has 1 aromatic heterocycles. The van der Waals surface area contributed by atoms with Gasteiger partial charge in [0.2, 0.25) is 0 Å². The Morgan fingerprint density at radius 2 is 2.05 bits per heavy atom. The Morgan fingerprint density at radius 1 is 1.36 bits per heavy atom. The first-order valence-electron chi connectivity index (χ1n) is 6.71. The minimum atomic E-state index is -0.836. The van der Waals surface area contributed by atoms with Gasteiger partial charge in [0.05, 0.1) is 11.9 Å². The zero-order valence-electron chi connectivity index (χ0n) is 12.7. The molecule has 0 bridgehead atoms. The summed E-state index contributed by atoms with van der Waals surface area (Å²) in [4.78, 5) is 26.3. The molecular weight excluding hydrogens is 310 g/mol. The Morgan fingerprint density at radius 3 is 2.59 bits per heavy atom. The number of anilines is 1. The Bertz CT molecular complexity index is 472. The number of primary amides is 1. The molecule has 2 amide bonds. The van der Waals surface area contributed by atoms with E-state index in [-0.39, 0.29) is 25.6 Å². The summed E-state index contributed by atoms with van der Waals surface area (Å²) in [7, 11) is 0. The quantitative estimate of drug-likeness (QED) is 0.799. The summed E-state index contributed by atoms with van der Waals surface area (Å²) in [6.45, 7) is 4.10. The fourth-order valence-electron chi connectivity index (χ4n) is 1.87. The van der Waals surface area contributed by atoms with Gasteiger partial charge in [-0.2, -0.15) is 0 Å². The van der Waals surface area contributed by atoms with Crippen LogP contribution < -0.4 is 11.1 Å². The molecule has 0 saturated heterocycles. The summed E-state index contributed by atoms with van der Waals surface area (Å²) >= 11 is 0. The predicted octanol–water partition coefficient (Wildman–Crippen LogP) is 2.95. The molecule has 1 atom stereocenters. The number of nitrogens with one attached hydrogen (secondary N) is 1. The molecule has 0 radical (unpaired) electrons. The third kappa shape index (κ3) is 7.68. The number of rotatable bonds is 7. The van der Waals surface area contributed by atoms with Crippen molar-refractivity contribution in [2.45, 2.75) is 26.7 Å². The van der Waals surface area contributed by atoms with E-state index in [1.54, 1.807) is 18.3 Å². The Balaban J connectivity index is 0.00000441. The first-order valence-corrected chi connectivity index (χ1v) is 6.71. The number of nitrogens with zero attached hydrogens (tertiary/aromatic N) is 1. The average Bonchev–Trinajstić information content (AvgIpc) is 2.45. The number of carbonyl (C=O) groups is 2. The summed E-state index contributed by atoms with van der Waals surface area (Å²) in [5.41, 5.74) is 5.05. The number of pyridine rings is 1. The standard InChI is InChI=1S/C14H21N3O4.ClH/c1-3-6-14(2,9-20-12(15)18)10-21-13(19)17-11-5-4-7-16-8-11;/h4-5,7-8H,3,6,9-10H2,1-2H3,(H2,15,18)(H,17,19);1H. The van der Waals surface area contributed by atoms with Gasteiger partial charge in [-0.25, -0.2) is 9.59 Å². The van der Waals surface area contributed by atoms with Crippen molar-refractivity contribution in [3.05, 3.63) is 24.5 Å². The molecule has 1 heterocycles. The second-order valence-electron chi connectivity index (χ2n) is 5.11. The van der Waals surface area contributed by atoms with E-state index in [4.69, 9.17) is 15.2 Å². The molecule has 0 saturated carbocycles. The van der Waals surface area contributed by atoms with Crippen molar-refractivity contribution in [1.82, 2.24) is 4.98 Å². The highest BCUT2D eigenvalue weighted by molar-refractivity contribution is 5.85. The summed E-state index contributed by atoms with van der Waals surface area (Å²) in [5, 5.41) is 2.57. The Kier molecular flexibility index (Phi) is 8.93. The monoisotopic (exact) mass is 331 g/mol. The molecule has 0 spiro atoms. The maximum atomic E-state index is 11.7. The molecule has 0 aliphatic heterocycles. The molecule has 3 N–H and O–H groups in total. The summed E-state index contributed by atoms with van der Waals surface area (Å²) in [5.74, 6) is 0. The van der Waals surface area contributed by atoms with E-state index >= 15 is 0 Å². The van der Waals surface area contributed by atoms with Crippen LogP contribution in [0.5, 0.6) is 0 Å². The highest BCUT2D eigenvalue weighted by Crippen LogP contribution is 2.24. The lowest BCUT2D eigenvalue weighted by atomic mass is 9.87. The molecule has 7 nitrogen and oxygen atoms in total. The number of hydrogen-bond acceptors (Lipinski definition) is 5. The molecule has 8 heteroatoms. The maximum absolute atomic E-state index is 11.7. The minimum absolute atomic E-state index is 0. The zero-order valence-corrected chi connectivity index (χ0v) is 13.5. The topological polar surface area (TPSA) is 104 Å². The SMILES string of the molecule is CCCC(C)(COC(N)=O)COC(=O)Nc1cccnc1.Cl. The lowest BCUT2D eigenvalue weighted by Crippen LogP contribution is -2.33. The molecule has 0 fully saturated rings. The van der Waals surface area contributed by atoms with E-state index in [9.17, 15) is 9.59 Å². The maximum Gasteiger partial charge on any atom is 0.411 e. The lowest BCUT2D eigenvalue weighted by Gasteiger charge is -2.27. The number of aromatic nitrogens is 1. The number of halogens is 1. The van der Waals surface area contributed by atoms with Gasteiger partial charge in [-0.05, 0) is 18.6 Å². The van der Waals surface area contributed by atoms with Gasteiger partial charge in [0.25, 0.3) is 0 Å². The van der Waals surface area contributed by atoms with Gasteiger partial charge >= 0.3 is 12.2 Å². The third-order valence-electron chi connectivity index (χ3n) is 2.88. The summed E-state index contributed by atoms with van der Waals surface area (Å²) < 4.78 is 10.0. The molecule has 124 valence electrons. The second kappa shape index (κ2) is 9.83. The van der Waals surface area contributed by atoms with Crippen molar-refractivity contribution in [3.63, 3.8) is 0 Å². The lowest BCUT2D eigenvalue weighted by molar-refractivity contribution is 0.0380. The van der Waals surface area contributed by atoms with E-state index in [1.807, 2.05) is 13.8 Å². The fourth-order valence-corrected chi connectivity index (χ4v) is 1.87. The van der Waals surface area contributed by atoms with Gasteiger partial charge in [-0.3, -0.25) is 10.3 Å². The van der Waals surface area contributed by atoms with E-state index in [0.717, 1.165) is 12.8 Å². The molecule has 0 aromatic carbocycles. The van der Waals surface area contributed by atoms with Crippen LogP contribution in [0.2, 0.25) is 0 Å². The van der Waals surface area contributed by atoms with Crippen LogP contribution in [0.15, 0.2) is 24.5 Å². The van der Waals surface area contributed by atoms with Crippen LogP contribution in [0.1, 0.15) is 26.7 Å². The molecule has 1 aromatic rings. The van der Waals surface area contributed by atoms with Gasteiger partial charge < -0.3 is 15.2 Å². The van der Waals surface area contributed by atoms with Gasteiger partial charge in [0.1, 0.15) is 13.2 Å². The number of nitrogens with two attached hydrogens (primary N) is 1. The first-order chi connectivity index (χ1) is 9.95. The van der Waals surface area contributed by atoms with Gasteiger partial charge in [0, 0.05) is 11.6 Å². The van der Waals surface area contributed by atoms with Crippen LogP contribution in [-0.4, -0.2) is 30.4 Å². The van der Waals surface area contributed by atoms with Crippen LogP contribution in [-0.2, 0) is 9.47 Å². The van der Waals surface area contributed by atoms with E-state index < -0.39 is 17.6 Å². The normalized spacial score (nSPS) is 12.5. The highest BCUT2D eigenvalue weighted by atomic mass is 35.5. The highest BCUT2D eigenvalue weighted by Gasteiger charge is 2.27. The van der Waals surface area contributed by atoms with Gasteiger partial charge in [0.15, 0.2) is 0 Å². The van der Waals surface area contributed by atoms with Crippen molar-refractivity contribution in [2.75, 3.05) is 18.5 Å². The Labute approximate surface area is 136 Å². The largest absolute Gasteiger partial charge is 0.449 e. The number of ether oxygens (including phenoxy) is 2. The van der Waals surface area contributed by atoms with Crippen LogP contribution >= 0.6 is 12.4 Å². The van der Waals surface area contributed by atoms with Crippen molar-refractivity contribution >= 4 is 30.3 Å². The van der Waals surface area contributed by atoms with Crippen LogP contribution in [0.4, 0.5) is 15.3 Å². The third-order valence-corrected chi connectivity index (χ3v) is 2.88. The smallest absolute Gasteiger partial charge is 0.411 e. The zero-order chi connectivity index (χ0) is 15.7. The average molecular weight is 332 g/mol. The number of amides is 2. The van der Waals surface area contributed by atoms with Crippen LogP contribution in [0.25, 0.3) is 0 Å². The number of carbonyl (C=O) groups excluding carboxylic acids is 2. The molecule has 1 rings (SSSR count). The predicted molar refractivity (Wildman–Crippen MR) is 85.0 cm³/mol. The van der Waals surface area contributed by atoms with E-state index in [0.29, 0.717) is 5.69 Å². The van der Waals surface area contributed by atoms with Crippen molar-refractivity contribution in [3.8, 4) is 0 Å². The number of hydrogen-bond donors (Lipinski definition) is 2. The van der Waals surface area contributed by atoms with Crippen molar-refractivity contribution in [1.29, 1.82) is 0 Å². The second-order valence-corrected chi connectivity index (χ2v) is 5.11. The van der Waals surface area contributed by atoms with Crippen molar-refractivity contribution in [2.24, 2.45) is 11.1 Å². The van der Waals surface area contributed by atoms with Crippen molar-refractivity contribution < 1.29 is 19.1 Å². The van der Waals surface area contributed by atoms with Crippen LogP contribution in [0, 0.1) is 5.41 Å². The molecule has 0 aliphatic carbocycles. The fraction of sp³-hybridized carbons (Fsp3) is 0.500. The van der Waals surface area contributed by atoms with Crippen LogP contribution in [0.3, 0.4) is 0 Å². The minimum Gasteiger partial charge on any atom is -0.449 e. The Hall–Kier alpha value is -2.02. The van der Waals surface area contributed by atoms with Gasteiger partial charge in [-0.1, -0.05) is 20.3 Å². The first kappa shape index (κ1) is 20.0. The van der Waals surface area contributed by atoms with E-state index in [1.165, 1.54) is 6.20 Å². The van der Waals surface area contributed by atoms with E-state index in [2.05, 4.69) is 10.3 Å². The molecule has 22 heavy (non-hydrogen) atoms. The molecular formula is C14H22ClN3O4. The summed E-state index contributed by atoms with van der Waals surface area (Å²) in [6.07, 6.45) is 3.31.